The zero-order valence-corrected chi connectivity index (χ0v) is 3.30. The number of rotatable bonds is 0. The van der Waals surface area contributed by atoms with Crippen molar-refractivity contribution in [2.24, 2.45) is 0 Å². The Hall–Kier alpha value is 4.42. The standard InChI is InChI=1S/Al.Ba.Ca.H2O3Si.H2O.Sr.9H/c;;;1-4(2)3;;;;;;;;;;;/h;;;1-2H;1H2;;;;;;;;;;. The van der Waals surface area contributed by atoms with Crippen molar-refractivity contribution in [2.45, 2.75) is 0 Å². The van der Waals surface area contributed by atoms with Gasteiger partial charge in [0.15, 0.2) is 17.4 Å². The summed E-state index contributed by atoms with van der Waals surface area (Å²) >= 11 is 0. The third kappa shape index (κ3) is 69.0. The first-order valence-electron chi connectivity index (χ1n) is 0.651. The van der Waals surface area contributed by atoms with Crippen LogP contribution in [0.1, 0.15) is 0 Å². The summed E-state index contributed by atoms with van der Waals surface area (Å²) in [7, 11) is -3.13. The van der Waals surface area contributed by atoms with E-state index in [0.29, 0.717) is 0 Å². The Balaban J connectivity index is -0.00000000450. The molecule has 0 fully saturated rings. The van der Waals surface area contributed by atoms with Gasteiger partial charge < -0.3 is 15.1 Å². The van der Waals surface area contributed by atoms with Gasteiger partial charge in [0.2, 0.25) is 0 Å². The second kappa shape index (κ2) is 29.4. The van der Waals surface area contributed by atoms with Crippen molar-refractivity contribution in [1.82, 2.24) is 0 Å². The van der Waals surface area contributed by atoms with Gasteiger partial charge in [-0.2, -0.15) is 0 Å². The zero-order chi connectivity index (χ0) is 3.58. The molecule has 0 aliphatic carbocycles. The molecule has 0 bridgehead atoms. The Labute approximate surface area is 173 Å². The van der Waals surface area contributed by atoms with Crippen LogP contribution in [0.15, 0.2) is 0 Å². The molecular formula is H13AlBaCaO4SiSr. The van der Waals surface area contributed by atoms with Crippen LogP contribution < -0.4 is 0 Å². The quantitative estimate of drug-likeness (QED) is 0.399. The van der Waals surface area contributed by atoms with E-state index in [1.807, 2.05) is 0 Å². The van der Waals surface area contributed by atoms with Crippen LogP contribution in [0, 0.1) is 0 Å². The van der Waals surface area contributed by atoms with Gasteiger partial charge in [-0.1, -0.05) is 0 Å². The Kier molecular flexibility index (Phi) is 123. The van der Waals surface area contributed by atoms with Crippen LogP contribution in [0.5, 0.6) is 0 Å². The average molecular weight is 397 g/mol. The summed E-state index contributed by atoms with van der Waals surface area (Å²) in [5.74, 6) is 0. The fraction of sp³-hybridized carbons (Fsp3) is 0. The minimum atomic E-state index is -3.13. The van der Waals surface area contributed by atoms with Crippen molar-refractivity contribution in [3.8, 4) is 0 Å². The Morgan fingerprint density at radius 2 is 1.22 bits per heavy atom. The molecule has 0 aromatic heterocycles. The molecule has 50 valence electrons. The molecule has 0 rings (SSSR count). The molecule has 0 aromatic rings. The van der Waals surface area contributed by atoms with Crippen molar-refractivity contribution in [3.05, 3.63) is 0 Å². The fourth-order valence-corrected chi connectivity index (χ4v) is 0. The minimum absolute atomic E-state index is 0. The molecule has 0 saturated carbocycles. The van der Waals surface area contributed by atoms with Gasteiger partial charge in [-0.25, -0.2) is 0 Å². The van der Waals surface area contributed by atoms with Crippen LogP contribution in [0.4, 0.5) is 0 Å². The van der Waals surface area contributed by atoms with Crippen molar-refractivity contribution >= 4 is 159 Å². The summed E-state index contributed by atoms with van der Waals surface area (Å²) in [6.07, 6.45) is 0. The van der Waals surface area contributed by atoms with Gasteiger partial charge >= 0.3 is 141 Å². The Morgan fingerprint density at radius 1 is 1.22 bits per heavy atom. The normalized spacial score (nSPS) is 2.67. The van der Waals surface area contributed by atoms with Crippen LogP contribution >= 0.6 is 0 Å². The molecule has 0 atom stereocenters. The van der Waals surface area contributed by atoms with Crippen molar-refractivity contribution in [3.63, 3.8) is 0 Å². The molecule has 0 aliphatic heterocycles. The first kappa shape index (κ1) is 37.6. The van der Waals surface area contributed by atoms with E-state index in [4.69, 9.17) is 14.1 Å². The van der Waals surface area contributed by atoms with Crippen LogP contribution in [0.25, 0.3) is 0 Å². The molecule has 4 nitrogen and oxygen atoms in total. The second-order valence-corrected chi connectivity index (χ2v) is 0.848. The molecule has 0 radical (unpaired) electrons. The zero-order valence-electron chi connectivity index (χ0n) is 2.30. The van der Waals surface area contributed by atoms with Crippen molar-refractivity contribution in [1.29, 1.82) is 0 Å². The third-order valence-corrected chi connectivity index (χ3v) is 0. The summed E-state index contributed by atoms with van der Waals surface area (Å²) < 4.78 is 8.74. The van der Waals surface area contributed by atoms with E-state index in [-0.39, 0.29) is 155 Å². The van der Waals surface area contributed by atoms with E-state index in [1.165, 1.54) is 0 Å². The van der Waals surface area contributed by atoms with Crippen LogP contribution in [0.3, 0.4) is 0 Å². The van der Waals surface area contributed by atoms with Gasteiger partial charge in [0.1, 0.15) is 0 Å². The topological polar surface area (TPSA) is 89.0 Å². The van der Waals surface area contributed by atoms with Crippen molar-refractivity contribution < 1.29 is 19.5 Å². The third-order valence-electron chi connectivity index (χ3n) is 0. The molecule has 0 heterocycles. The SMILES string of the molecule is O.O=[Si](O)O.[AlH3].[BaH2].[CaH2].[SrH2]. The maximum atomic E-state index is 8.74. The molecule has 9 heavy (non-hydrogen) atoms. The molecule has 9 heteroatoms. The molecule has 0 unspecified atom stereocenters. The molecule has 0 aromatic carbocycles. The van der Waals surface area contributed by atoms with Crippen LogP contribution in [0.2, 0.25) is 0 Å². The predicted octanol–water partition coefficient (Wildman–Crippen LogP) is -6.37. The molecule has 4 N–H and O–H groups in total. The van der Waals surface area contributed by atoms with E-state index >= 15 is 0 Å². The van der Waals surface area contributed by atoms with Crippen molar-refractivity contribution in [2.75, 3.05) is 0 Å². The number of hydrogen-bond acceptors (Lipinski definition) is 1. The van der Waals surface area contributed by atoms with Gasteiger partial charge in [0.25, 0.3) is 0 Å². The maximum absolute atomic E-state index is 8.74. The summed E-state index contributed by atoms with van der Waals surface area (Å²) in [6.45, 7) is 0. The molecular weight excluding hydrogens is 384 g/mol. The Bertz CT molecular complexity index is 43.5. The van der Waals surface area contributed by atoms with E-state index in [2.05, 4.69) is 0 Å². The summed E-state index contributed by atoms with van der Waals surface area (Å²) in [5, 5.41) is 0. The first-order valence-corrected chi connectivity index (χ1v) is 1.95. The van der Waals surface area contributed by atoms with Gasteiger partial charge in [-0.3, -0.25) is 4.46 Å². The van der Waals surface area contributed by atoms with Gasteiger partial charge in [0.05, 0.1) is 0 Å². The monoisotopic (exact) mass is 398 g/mol. The molecule has 0 saturated heterocycles. The summed E-state index contributed by atoms with van der Waals surface area (Å²) in [6, 6.07) is 0. The predicted molar refractivity (Wildman–Crippen MR) is 50.1 cm³/mol. The van der Waals surface area contributed by atoms with Gasteiger partial charge in [-0.15, -0.1) is 0 Å². The number of hydrogen-bond donors (Lipinski definition) is 2. The van der Waals surface area contributed by atoms with Gasteiger partial charge in [0, 0.05) is 0 Å². The van der Waals surface area contributed by atoms with E-state index in [1.54, 1.807) is 0 Å². The molecule has 0 aliphatic rings. The van der Waals surface area contributed by atoms with E-state index < -0.39 is 9.17 Å². The van der Waals surface area contributed by atoms with Gasteiger partial charge in [-0.05, 0) is 0 Å². The second-order valence-electron chi connectivity index (χ2n) is 0.283. The Morgan fingerprint density at radius 3 is 1.22 bits per heavy atom. The summed E-state index contributed by atoms with van der Waals surface area (Å²) in [5.41, 5.74) is 0. The summed E-state index contributed by atoms with van der Waals surface area (Å²) in [4.78, 5) is 14.3. The molecule has 0 amide bonds. The first-order chi connectivity index (χ1) is 1.73. The average Bonchev–Trinajstić information content (AvgIpc) is 0.811. The van der Waals surface area contributed by atoms with E-state index in [0.717, 1.165) is 0 Å². The fourth-order valence-electron chi connectivity index (χ4n) is 0. The van der Waals surface area contributed by atoms with Crippen LogP contribution in [-0.4, -0.2) is 174 Å². The molecule has 0 spiro atoms. The van der Waals surface area contributed by atoms with E-state index in [9.17, 15) is 0 Å². The van der Waals surface area contributed by atoms with Crippen LogP contribution in [-0.2, 0) is 4.46 Å².